The summed E-state index contributed by atoms with van der Waals surface area (Å²) in [4.78, 5) is 19.5. The quantitative estimate of drug-likeness (QED) is 0.811. The average molecular weight is 364 g/mol. The maximum Gasteiger partial charge on any atom is 0.317 e. The zero-order valence-corrected chi connectivity index (χ0v) is 16.0. The topological polar surface area (TPSA) is 72.2 Å². The lowest BCUT2D eigenvalue weighted by Crippen LogP contribution is -2.66. The van der Waals surface area contributed by atoms with E-state index in [0.29, 0.717) is 13.0 Å². The van der Waals surface area contributed by atoms with E-state index in [2.05, 4.69) is 29.2 Å². The molecule has 7 heteroatoms. The van der Waals surface area contributed by atoms with Crippen LogP contribution in [0.3, 0.4) is 0 Å². The zero-order chi connectivity index (χ0) is 18.6. The average Bonchev–Trinajstić information content (AvgIpc) is 3.16. The van der Waals surface area contributed by atoms with Gasteiger partial charge in [-0.2, -0.15) is 0 Å². The number of rotatable bonds is 5. The van der Waals surface area contributed by atoms with Crippen LogP contribution in [0.15, 0.2) is 22.8 Å². The van der Waals surface area contributed by atoms with Crippen molar-refractivity contribution in [1.29, 1.82) is 0 Å². The van der Waals surface area contributed by atoms with Crippen molar-refractivity contribution in [2.45, 2.75) is 24.8 Å². The van der Waals surface area contributed by atoms with Gasteiger partial charge in [-0.15, -0.1) is 0 Å². The van der Waals surface area contributed by atoms with Gasteiger partial charge in [-0.05, 0) is 52.2 Å². The molecule has 2 aliphatic heterocycles. The molecule has 0 saturated carbocycles. The number of nitrogens with one attached hydrogen (secondary N) is 1. The minimum Gasteiger partial charge on any atom is -0.469 e. The van der Waals surface area contributed by atoms with Crippen molar-refractivity contribution < 1.29 is 14.3 Å². The van der Waals surface area contributed by atoms with Gasteiger partial charge >= 0.3 is 6.03 Å². The Labute approximate surface area is 155 Å². The first-order chi connectivity index (χ1) is 12.5. The van der Waals surface area contributed by atoms with Gasteiger partial charge in [-0.1, -0.05) is 0 Å². The third-order valence-electron chi connectivity index (χ3n) is 6.08. The summed E-state index contributed by atoms with van der Waals surface area (Å²) in [6.45, 7) is 5.09. The molecule has 0 radical (unpaired) electrons. The number of likely N-dealkylation sites (tertiary alicyclic amines) is 1. The van der Waals surface area contributed by atoms with Crippen LogP contribution in [-0.2, 0) is 6.42 Å². The fourth-order valence-electron chi connectivity index (χ4n) is 4.07. The minimum absolute atomic E-state index is 0.0192. The van der Waals surface area contributed by atoms with Crippen molar-refractivity contribution in [1.82, 2.24) is 20.0 Å². The van der Waals surface area contributed by atoms with E-state index in [0.717, 1.165) is 51.3 Å². The number of hydrogen-bond acceptors (Lipinski definition) is 5. The molecule has 0 aliphatic carbocycles. The lowest BCUT2D eigenvalue weighted by Gasteiger charge is -2.52. The SMILES string of the molecule is CN1CCC2(CC1)CN(C(=O)NC[C@H](CO)Cc1ccco1)CCN2C. The third-order valence-corrected chi connectivity index (χ3v) is 6.08. The summed E-state index contributed by atoms with van der Waals surface area (Å²) in [5.74, 6) is 0.804. The molecule has 1 spiro atoms. The van der Waals surface area contributed by atoms with E-state index in [1.165, 1.54) is 0 Å². The van der Waals surface area contributed by atoms with E-state index in [-0.39, 0.29) is 24.1 Å². The first-order valence-electron chi connectivity index (χ1n) is 9.58. The predicted octanol–water partition coefficient (Wildman–Crippen LogP) is 0.852. The van der Waals surface area contributed by atoms with E-state index in [9.17, 15) is 9.90 Å². The molecule has 3 rings (SSSR count). The number of piperazine rings is 1. The molecule has 1 aromatic rings. The summed E-state index contributed by atoms with van der Waals surface area (Å²) in [6.07, 6.45) is 4.46. The number of likely N-dealkylation sites (N-methyl/N-ethyl adjacent to an activating group) is 1. The molecule has 1 atom stereocenters. The molecule has 0 aromatic carbocycles. The van der Waals surface area contributed by atoms with Gasteiger partial charge in [-0.25, -0.2) is 4.79 Å². The molecule has 2 fully saturated rings. The van der Waals surface area contributed by atoms with Gasteiger partial charge in [0.25, 0.3) is 0 Å². The Morgan fingerprint density at radius 1 is 1.31 bits per heavy atom. The number of carbonyl (C=O) groups excluding carboxylic acids is 1. The number of nitrogens with zero attached hydrogens (tertiary/aromatic N) is 3. The van der Waals surface area contributed by atoms with Crippen LogP contribution in [0.4, 0.5) is 4.79 Å². The Balaban J connectivity index is 1.52. The van der Waals surface area contributed by atoms with Crippen molar-refractivity contribution in [3.05, 3.63) is 24.2 Å². The smallest absolute Gasteiger partial charge is 0.317 e. The van der Waals surface area contributed by atoms with Gasteiger partial charge in [-0.3, -0.25) is 4.90 Å². The lowest BCUT2D eigenvalue weighted by molar-refractivity contribution is -0.00978. The molecule has 1 aromatic heterocycles. The Kier molecular flexibility index (Phi) is 6.21. The number of carbonyl (C=O) groups is 1. The standard InChI is InChI=1S/C19H32N4O3/c1-21-7-5-19(6-8-21)15-23(10-9-22(19)2)18(25)20-13-16(14-24)12-17-4-3-11-26-17/h3-4,11,16,24H,5-10,12-15H2,1-2H3,(H,20,25)/t16-/m1/s1. The number of piperidine rings is 1. The molecule has 7 nitrogen and oxygen atoms in total. The van der Waals surface area contributed by atoms with Gasteiger partial charge < -0.3 is 24.6 Å². The first-order valence-corrected chi connectivity index (χ1v) is 9.58. The number of hydrogen-bond donors (Lipinski definition) is 2. The van der Waals surface area contributed by atoms with Crippen molar-refractivity contribution in [3.8, 4) is 0 Å². The molecule has 0 unspecified atom stereocenters. The predicted molar refractivity (Wildman–Crippen MR) is 100 cm³/mol. The molecular formula is C19H32N4O3. The maximum absolute atomic E-state index is 12.7. The number of amides is 2. The molecule has 0 bridgehead atoms. The van der Waals surface area contributed by atoms with Crippen LogP contribution >= 0.6 is 0 Å². The Morgan fingerprint density at radius 2 is 2.08 bits per heavy atom. The van der Waals surface area contributed by atoms with E-state index in [4.69, 9.17) is 4.42 Å². The number of furan rings is 1. The molecule has 3 heterocycles. The third kappa shape index (κ3) is 4.39. The summed E-state index contributed by atoms with van der Waals surface area (Å²) < 4.78 is 5.34. The van der Waals surface area contributed by atoms with Gasteiger partial charge in [0.05, 0.1) is 6.26 Å². The summed E-state index contributed by atoms with van der Waals surface area (Å²) in [7, 11) is 4.35. The number of urea groups is 1. The van der Waals surface area contributed by atoms with E-state index in [1.54, 1.807) is 6.26 Å². The number of aliphatic hydroxyl groups excluding tert-OH is 1. The van der Waals surface area contributed by atoms with Gasteiger partial charge in [0.15, 0.2) is 0 Å². The number of aliphatic hydroxyl groups is 1. The molecule has 2 aliphatic rings. The van der Waals surface area contributed by atoms with Gasteiger partial charge in [0, 0.05) is 50.7 Å². The summed E-state index contributed by atoms with van der Waals surface area (Å²) in [5, 5.41) is 12.6. The van der Waals surface area contributed by atoms with Crippen LogP contribution in [0.25, 0.3) is 0 Å². The molecule has 2 saturated heterocycles. The highest BCUT2D eigenvalue weighted by atomic mass is 16.3. The summed E-state index contributed by atoms with van der Waals surface area (Å²) in [6, 6.07) is 3.72. The fourth-order valence-corrected chi connectivity index (χ4v) is 4.07. The van der Waals surface area contributed by atoms with Crippen LogP contribution in [0, 0.1) is 5.92 Å². The molecule has 146 valence electrons. The first kappa shape index (κ1) is 19.2. The van der Waals surface area contributed by atoms with Crippen molar-refractivity contribution in [3.63, 3.8) is 0 Å². The van der Waals surface area contributed by atoms with E-state index in [1.807, 2.05) is 17.0 Å². The van der Waals surface area contributed by atoms with Crippen LogP contribution in [0.5, 0.6) is 0 Å². The summed E-state index contributed by atoms with van der Waals surface area (Å²) >= 11 is 0. The molecule has 2 amide bonds. The normalized spacial score (nSPS) is 22.5. The van der Waals surface area contributed by atoms with E-state index >= 15 is 0 Å². The van der Waals surface area contributed by atoms with Gasteiger partial charge in [0.1, 0.15) is 5.76 Å². The summed E-state index contributed by atoms with van der Waals surface area (Å²) in [5.41, 5.74) is 0.104. The monoisotopic (exact) mass is 364 g/mol. The van der Waals surface area contributed by atoms with Crippen LogP contribution in [0.1, 0.15) is 18.6 Å². The van der Waals surface area contributed by atoms with Crippen molar-refractivity contribution in [2.75, 3.05) is 60.0 Å². The van der Waals surface area contributed by atoms with Crippen LogP contribution in [0.2, 0.25) is 0 Å². The van der Waals surface area contributed by atoms with Crippen LogP contribution < -0.4 is 5.32 Å². The zero-order valence-electron chi connectivity index (χ0n) is 16.0. The maximum atomic E-state index is 12.7. The second-order valence-corrected chi connectivity index (χ2v) is 7.89. The molecule has 2 N–H and O–H groups in total. The minimum atomic E-state index is -0.0325. The highest BCUT2D eigenvalue weighted by Gasteiger charge is 2.42. The Hall–Kier alpha value is -1.57. The molecule has 26 heavy (non-hydrogen) atoms. The van der Waals surface area contributed by atoms with Gasteiger partial charge in [0.2, 0.25) is 0 Å². The second-order valence-electron chi connectivity index (χ2n) is 7.89. The molecular weight excluding hydrogens is 332 g/mol. The Morgan fingerprint density at radius 3 is 2.73 bits per heavy atom. The van der Waals surface area contributed by atoms with Crippen LogP contribution in [-0.4, -0.2) is 91.3 Å². The largest absolute Gasteiger partial charge is 0.469 e. The Bertz CT molecular complexity index is 569. The van der Waals surface area contributed by atoms with Crippen molar-refractivity contribution in [2.24, 2.45) is 5.92 Å². The van der Waals surface area contributed by atoms with Crippen molar-refractivity contribution >= 4 is 6.03 Å². The van der Waals surface area contributed by atoms with E-state index < -0.39 is 0 Å². The fraction of sp³-hybridized carbons (Fsp3) is 0.737. The highest BCUT2D eigenvalue weighted by molar-refractivity contribution is 5.74. The highest BCUT2D eigenvalue weighted by Crippen LogP contribution is 2.31. The lowest BCUT2D eigenvalue weighted by atomic mass is 9.84. The second kappa shape index (κ2) is 8.41.